The topological polar surface area (TPSA) is 69.9 Å². The molecule has 2 heterocycles. The van der Waals surface area contributed by atoms with Crippen LogP contribution in [0.25, 0.3) is 27.9 Å². The van der Waals surface area contributed by atoms with E-state index in [1.807, 2.05) is 6.07 Å². The van der Waals surface area contributed by atoms with E-state index in [0.717, 1.165) is 20.9 Å². The molecule has 0 atom stereocenters. The zero-order chi connectivity index (χ0) is 17.1. The van der Waals surface area contributed by atoms with Gasteiger partial charge in [0.1, 0.15) is 5.82 Å². The highest BCUT2D eigenvalue weighted by atomic mass is 32.1. The van der Waals surface area contributed by atoms with Crippen LogP contribution in [0.1, 0.15) is 4.88 Å². The highest BCUT2D eigenvalue weighted by Gasteiger charge is 2.15. The largest absolute Gasteiger partial charge is 0.466 e. The summed E-state index contributed by atoms with van der Waals surface area (Å²) in [6.07, 6.45) is 2.98. The van der Waals surface area contributed by atoms with E-state index in [1.165, 1.54) is 41.5 Å². The van der Waals surface area contributed by atoms with Gasteiger partial charge in [-0.15, -0.1) is 21.5 Å². The van der Waals surface area contributed by atoms with Crippen LogP contribution in [0.5, 0.6) is 0 Å². The molecule has 2 aromatic heterocycles. The summed E-state index contributed by atoms with van der Waals surface area (Å²) < 4.78 is 17.7. The standard InChI is InChI=1S/C16H13FN4O2S/c1-21-19-16(18-20-21)12-9-14(10-3-5-11(17)6-4-10)24-13(12)7-8-15(22)23-2/h3-9H,1-2H3. The summed E-state index contributed by atoms with van der Waals surface area (Å²) in [5.41, 5.74) is 1.61. The van der Waals surface area contributed by atoms with Gasteiger partial charge in [0.25, 0.3) is 0 Å². The molecule has 0 saturated carbocycles. The van der Waals surface area contributed by atoms with Crippen LogP contribution >= 0.6 is 11.3 Å². The lowest BCUT2D eigenvalue weighted by atomic mass is 10.1. The lowest BCUT2D eigenvalue weighted by molar-refractivity contribution is -0.134. The van der Waals surface area contributed by atoms with Crippen molar-refractivity contribution in [1.29, 1.82) is 0 Å². The third kappa shape index (κ3) is 3.38. The Labute approximate surface area is 141 Å². The molecule has 0 aliphatic carbocycles. The van der Waals surface area contributed by atoms with Crippen LogP contribution in [0.4, 0.5) is 4.39 Å². The molecule has 0 unspecified atom stereocenters. The van der Waals surface area contributed by atoms with Crippen LogP contribution in [0.3, 0.4) is 0 Å². The van der Waals surface area contributed by atoms with E-state index < -0.39 is 5.97 Å². The molecule has 0 fully saturated rings. The number of halogens is 1. The fourth-order valence-corrected chi connectivity index (χ4v) is 3.13. The first-order chi connectivity index (χ1) is 11.6. The number of hydrogen-bond acceptors (Lipinski definition) is 6. The first-order valence-corrected chi connectivity index (χ1v) is 7.78. The molecule has 3 rings (SSSR count). The number of benzene rings is 1. The number of nitrogens with zero attached hydrogens (tertiary/aromatic N) is 4. The zero-order valence-corrected chi connectivity index (χ0v) is 13.7. The smallest absolute Gasteiger partial charge is 0.330 e. The van der Waals surface area contributed by atoms with Gasteiger partial charge in [0.2, 0.25) is 5.82 Å². The molecule has 0 aliphatic rings. The van der Waals surface area contributed by atoms with E-state index in [1.54, 1.807) is 25.3 Å². The summed E-state index contributed by atoms with van der Waals surface area (Å²) >= 11 is 1.44. The zero-order valence-electron chi connectivity index (χ0n) is 12.9. The number of thiophene rings is 1. The van der Waals surface area contributed by atoms with Crippen LogP contribution < -0.4 is 0 Å². The number of carbonyl (C=O) groups is 1. The van der Waals surface area contributed by atoms with E-state index in [0.29, 0.717) is 5.82 Å². The normalized spacial score (nSPS) is 11.1. The molecule has 0 spiro atoms. The predicted molar refractivity (Wildman–Crippen MR) is 88.6 cm³/mol. The number of tetrazole rings is 1. The molecule has 0 radical (unpaired) electrons. The number of esters is 1. The SMILES string of the molecule is COC(=O)C=Cc1sc(-c2ccc(F)cc2)cc1-c1nnn(C)n1. The summed E-state index contributed by atoms with van der Waals surface area (Å²) in [5, 5.41) is 12.0. The monoisotopic (exact) mass is 344 g/mol. The van der Waals surface area contributed by atoms with Crippen molar-refractivity contribution in [2.24, 2.45) is 7.05 Å². The van der Waals surface area contributed by atoms with Crippen molar-refractivity contribution in [2.45, 2.75) is 0 Å². The van der Waals surface area contributed by atoms with Gasteiger partial charge in [-0.3, -0.25) is 0 Å². The first-order valence-electron chi connectivity index (χ1n) is 6.97. The van der Waals surface area contributed by atoms with Crippen molar-refractivity contribution in [3.05, 3.63) is 47.1 Å². The maximum atomic E-state index is 13.1. The Morgan fingerprint density at radius 2 is 2.08 bits per heavy atom. The van der Waals surface area contributed by atoms with E-state index >= 15 is 0 Å². The molecule has 0 N–H and O–H groups in total. The number of rotatable bonds is 4. The minimum Gasteiger partial charge on any atom is -0.466 e. The molecule has 3 aromatic rings. The molecule has 0 amide bonds. The molecule has 6 nitrogen and oxygen atoms in total. The highest BCUT2D eigenvalue weighted by Crippen LogP contribution is 2.36. The van der Waals surface area contributed by atoms with E-state index in [2.05, 4.69) is 20.1 Å². The van der Waals surface area contributed by atoms with Crippen molar-refractivity contribution in [1.82, 2.24) is 20.2 Å². The molecule has 0 bridgehead atoms. The van der Waals surface area contributed by atoms with Crippen LogP contribution in [0.15, 0.2) is 36.4 Å². The number of methoxy groups -OCH3 is 1. The minimum atomic E-state index is -0.454. The summed E-state index contributed by atoms with van der Waals surface area (Å²) in [7, 11) is 2.99. The van der Waals surface area contributed by atoms with Crippen molar-refractivity contribution >= 4 is 23.4 Å². The summed E-state index contributed by atoms with van der Waals surface area (Å²) in [5.74, 6) is -0.298. The average molecular weight is 344 g/mol. The van der Waals surface area contributed by atoms with Crippen molar-refractivity contribution in [3.8, 4) is 21.8 Å². The van der Waals surface area contributed by atoms with Crippen molar-refractivity contribution in [2.75, 3.05) is 7.11 Å². The maximum Gasteiger partial charge on any atom is 0.330 e. The van der Waals surface area contributed by atoms with Crippen LogP contribution in [-0.2, 0) is 16.6 Å². The summed E-state index contributed by atoms with van der Waals surface area (Å²) in [6, 6.07) is 8.09. The number of hydrogen-bond donors (Lipinski definition) is 0. The Hall–Kier alpha value is -2.87. The number of carbonyl (C=O) groups excluding carboxylic acids is 1. The van der Waals surface area contributed by atoms with Crippen LogP contribution in [0.2, 0.25) is 0 Å². The van der Waals surface area contributed by atoms with Gasteiger partial charge in [0, 0.05) is 21.4 Å². The number of aromatic nitrogens is 4. The minimum absolute atomic E-state index is 0.295. The van der Waals surface area contributed by atoms with Crippen molar-refractivity contribution < 1.29 is 13.9 Å². The molecule has 24 heavy (non-hydrogen) atoms. The Bertz CT molecular complexity index is 899. The van der Waals surface area contributed by atoms with Gasteiger partial charge in [0.15, 0.2) is 0 Å². The molecule has 0 aliphatic heterocycles. The molecule has 8 heteroatoms. The number of aryl methyl sites for hydroxylation is 1. The van der Waals surface area contributed by atoms with Gasteiger partial charge in [-0.05, 0) is 35.1 Å². The van der Waals surface area contributed by atoms with Gasteiger partial charge < -0.3 is 4.74 Å². The Kier molecular flexibility index (Phi) is 4.48. The quantitative estimate of drug-likeness (QED) is 0.538. The van der Waals surface area contributed by atoms with Gasteiger partial charge in [-0.1, -0.05) is 12.1 Å². The summed E-state index contributed by atoms with van der Waals surface area (Å²) in [6.45, 7) is 0. The van der Waals surface area contributed by atoms with Gasteiger partial charge >= 0.3 is 5.97 Å². The fraction of sp³-hybridized carbons (Fsp3) is 0.125. The second-order valence-corrected chi connectivity index (χ2v) is 5.94. The lowest BCUT2D eigenvalue weighted by Gasteiger charge is -1.95. The van der Waals surface area contributed by atoms with Gasteiger partial charge in [0.05, 0.1) is 14.2 Å². The van der Waals surface area contributed by atoms with Gasteiger partial charge in [-0.25, -0.2) is 9.18 Å². The molecular formula is C16H13FN4O2S. The third-order valence-corrected chi connectivity index (χ3v) is 4.36. The van der Waals surface area contributed by atoms with Crippen molar-refractivity contribution in [3.63, 3.8) is 0 Å². The molecular weight excluding hydrogens is 331 g/mol. The molecule has 1 aromatic carbocycles. The highest BCUT2D eigenvalue weighted by molar-refractivity contribution is 7.16. The second kappa shape index (κ2) is 6.71. The molecule has 0 saturated heterocycles. The average Bonchev–Trinajstić information content (AvgIpc) is 3.19. The maximum absolute atomic E-state index is 13.1. The van der Waals surface area contributed by atoms with Gasteiger partial charge in [-0.2, -0.15) is 4.80 Å². The second-order valence-electron chi connectivity index (χ2n) is 4.85. The third-order valence-electron chi connectivity index (χ3n) is 3.21. The Morgan fingerprint density at radius 3 is 2.71 bits per heavy atom. The van der Waals surface area contributed by atoms with E-state index in [9.17, 15) is 9.18 Å². The first kappa shape index (κ1) is 16.0. The predicted octanol–water partition coefficient (Wildman–Crippen LogP) is 2.93. The lowest BCUT2D eigenvalue weighted by Crippen LogP contribution is -1.93. The van der Waals surface area contributed by atoms with Crippen LogP contribution in [-0.4, -0.2) is 33.3 Å². The van der Waals surface area contributed by atoms with Crippen LogP contribution in [0, 0.1) is 5.82 Å². The number of ether oxygens (including phenoxy) is 1. The summed E-state index contributed by atoms with van der Waals surface area (Å²) in [4.78, 5) is 14.4. The molecule has 122 valence electrons. The Balaban J connectivity index is 2.06. The van der Waals surface area contributed by atoms with E-state index in [-0.39, 0.29) is 5.82 Å². The van der Waals surface area contributed by atoms with E-state index in [4.69, 9.17) is 0 Å². The fourth-order valence-electron chi connectivity index (χ4n) is 2.06. The Morgan fingerprint density at radius 1 is 1.33 bits per heavy atom.